The van der Waals surface area contributed by atoms with Crippen molar-refractivity contribution in [1.82, 2.24) is 34.8 Å². The van der Waals surface area contributed by atoms with E-state index in [2.05, 4.69) is 42.5 Å². The van der Waals surface area contributed by atoms with Gasteiger partial charge in [0.05, 0.1) is 11.9 Å². The minimum Gasteiger partial charge on any atom is -0.352 e. The Labute approximate surface area is 146 Å². The van der Waals surface area contributed by atoms with E-state index >= 15 is 0 Å². The molecule has 8 heteroatoms. The molecule has 0 unspecified atom stereocenters. The molecule has 0 spiro atoms. The molecule has 1 N–H and O–H groups in total. The van der Waals surface area contributed by atoms with Gasteiger partial charge in [0.1, 0.15) is 12.7 Å². The molecule has 8 nitrogen and oxygen atoms in total. The molecule has 3 rings (SSSR count). The van der Waals surface area contributed by atoms with Crippen LogP contribution in [0, 0.1) is 0 Å². The standard InChI is InChI=1S/C17H22N8/c1-18-17(23(2)10-15-9-21-24(3)11-15)20-8-14-5-4-6-16(7-14)25-13-19-12-22-25/h4-7,9,11-13H,8,10H2,1-3H3,(H,18,20). The number of aryl methyl sites for hydroxylation is 1. The highest BCUT2D eigenvalue weighted by Crippen LogP contribution is 2.09. The van der Waals surface area contributed by atoms with Crippen LogP contribution >= 0.6 is 0 Å². The third kappa shape index (κ3) is 4.23. The van der Waals surface area contributed by atoms with Gasteiger partial charge in [0.15, 0.2) is 5.96 Å². The predicted molar refractivity (Wildman–Crippen MR) is 96.2 cm³/mol. The van der Waals surface area contributed by atoms with Crippen molar-refractivity contribution in [1.29, 1.82) is 0 Å². The quantitative estimate of drug-likeness (QED) is 0.559. The molecule has 3 aromatic rings. The van der Waals surface area contributed by atoms with Crippen molar-refractivity contribution >= 4 is 5.96 Å². The molecule has 0 saturated carbocycles. The molecule has 0 bridgehead atoms. The molecule has 2 heterocycles. The van der Waals surface area contributed by atoms with Crippen LogP contribution in [0.15, 0.2) is 54.3 Å². The highest BCUT2D eigenvalue weighted by molar-refractivity contribution is 5.79. The van der Waals surface area contributed by atoms with Crippen LogP contribution in [0.1, 0.15) is 11.1 Å². The predicted octanol–water partition coefficient (Wildman–Crippen LogP) is 1.21. The fourth-order valence-corrected chi connectivity index (χ4v) is 2.62. The van der Waals surface area contributed by atoms with Crippen LogP contribution < -0.4 is 5.32 Å². The van der Waals surface area contributed by atoms with Gasteiger partial charge in [-0.3, -0.25) is 9.67 Å². The Morgan fingerprint density at radius 1 is 1.28 bits per heavy atom. The second-order valence-corrected chi connectivity index (χ2v) is 5.79. The zero-order chi connectivity index (χ0) is 17.6. The van der Waals surface area contributed by atoms with E-state index in [4.69, 9.17) is 0 Å². The summed E-state index contributed by atoms with van der Waals surface area (Å²) in [5, 5.41) is 11.7. The summed E-state index contributed by atoms with van der Waals surface area (Å²) in [6, 6.07) is 8.16. The average Bonchev–Trinajstić information content (AvgIpc) is 3.28. The first-order valence-electron chi connectivity index (χ1n) is 7.99. The maximum atomic E-state index is 4.36. The van der Waals surface area contributed by atoms with E-state index < -0.39 is 0 Å². The van der Waals surface area contributed by atoms with Crippen molar-refractivity contribution in [3.8, 4) is 5.69 Å². The SMILES string of the molecule is CN=C(NCc1cccc(-n2cncn2)c1)N(C)Cc1cnn(C)c1. The molecule has 0 saturated heterocycles. The summed E-state index contributed by atoms with van der Waals surface area (Å²) in [6.45, 7) is 1.42. The lowest BCUT2D eigenvalue weighted by Gasteiger charge is -2.21. The number of nitrogens with zero attached hydrogens (tertiary/aromatic N) is 7. The van der Waals surface area contributed by atoms with Gasteiger partial charge < -0.3 is 10.2 Å². The van der Waals surface area contributed by atoms with Crippen LogP contribution in [0.2, 0.25) is 0 Å². The summed E-state index contributed by atoms with van der Waals surface area (Å²) in [5.41, 5.74) is 3.26. The summed E-state index contributed by atoms with van der Waals surface area (Å²) in [5.74, 6) is 0.829. The van der Waals surface area contributed by atoms with Gasteiger partial charge in [-0.2, -0.15) is 10.2 Å². The second-order valence-electron chi connectivity index (χ2n) is 5.79. The van der Waals surface area contributed by atoms with Gasteiger partial charge in [0, 0.05) is 46.0 Å². The fraction of sp³-hybridized carbons (Fsp3) is 0.294. The van der Waals surface area contributed by atoms with Crippen molar-refractivity contribution in [2.45, 2.75) is 13.1 Å². The van der Waals surface area contributed by atoms with Crippen molar-refractivity contribution in [2.75, 3.05) is 14.1 Å². The minimum atomic E-state index is 0.673. The first-order chi connectivity index (χ1) is 12.2. The van der Waals surface area contributed by atoms with E-state index in [1.165, 1.54) is 6.33 Å². The summed E-state index contributed by atoms with van der Waals surface area (Å²) < 4.78 is 3.54. The Balaban J connectivity index is 1.62. The summed E-state index contributed by atoms with van der Waals surface area (Å²) in [6.07, 6.45) is 7.09. The molecule has 2 aromatic heterocycles. The van der Waals surface area contributed by atoms with Gasteiger partial charge in [-0.1, -0.05) is 12.1 Å². The summed E-state index contributed by atoms with van der Waals surface area (Å²) >= 11 is 0. The number of aromatic nitrogens is 5. The third-order valence-corrected chi connectivity index (χ3v) is 3.80. The number of nitrogens with one attached hydrogen (secondary N) is 1. The Hall–Kier alpha value is -3.16. The molecule has 1 aromatic carbocycles. The number of hydrogen-bond acceptors (Lipinski definition) is 4. The lowest BCUT2D eigenvalue weighted by atomic mass is 10.2. The van der Waals surface area contributed by atoms with Gasteiger partial charge in [0.25, 0.3) is 0 Å². The summed E-state index contributed by atoms with van der Waals surface area (Å²) in [4.78, 5) is 10.4. The normalized spacial score (nSPS) is 11.6. The van der Waals surface area contributed by atoms with E-state index in [0.29, 0.717) is 6.54 Å². The maximum absolute atomic E-state index is 4.36. The van der Waals surface area contributed by atoms with Crippen molar-refractivity contribution in [3.05, 3.63) is 60.4 Å². The number of aliphatic imine (C=N–C) groups is 1. The van der Waals surface area contributed by atoms with Crippen LogP contribution in [0.25, 0.3) is 5.69 Å². The van der Waals surface area contributed by atoms with Crippen LogP contribution in [-0.2, 0) is 20.1 Å². The number of hydrogen-bond donors (Lipinski definition) is 1. The Morgan fingerprint density at radius 3 is 2.84 bits per heavy atom. The molecular formula is C17H22N8. The molecule has 130 valence electrons. The van der Waals surface area contributed by atoms with Crippen LogP contribution in [-0.4, -0.2) is 49.5 Å². The van der Waals surface area contributed by atoms with E-state index in [1.807, 2.05) is 38.6 Å². The molecule has 0 amide bonds. The highest BCUT2D eigenvalue weighted by Gasteiger charge is 2.08. The number of rotatable bonds is 5. The maximum Gasteiger partial charge on any atom is 0.193 e. The minimum absolute atomic E-state index is 0.673. The topological polar surface area (TPSA) is 76.2 Å². The summed E-state index contributed by atoms with van der Waals surface area (Å²) in [7, 11) is 5.71. The van der Waals surface area contributed by atoms with E-state index in [9.17, 15) is 0 Å². The smallest absolute Gasteiger partial charge is 0.193 e. The molecule has 0 radical (unpaired) electrons. The van der Waals surface area contributed by atoms with Gasteiger partial charge in [-0.05, 0) is 17.7 Å². The Bertz CT molecular complexity index is 834. The van der Waals surface area contributed by atoms with Crippen molar-refractivity contribution < 1.29 is 0 Å². The lowest BCUT2D eigenvalue weighted by Crippen LogP contribution is -2.38. The monoisotopic (exact) mass is 338 g/mol. The molecule has 0 fully saturated rings. The van der Waals surface area contributed by atoms with E-state index in [-0.39, 0.29) is 0 Å². The first-order valence-corrected chi connectivity index (χ1v) is 7.99. The first kappa shape index (κ1) is 16.7. The molecule has 0 aliphatic rings. The largest absolute Gasteiger partial charge is 0.352 e. The molecule has 0 atom stereocenters. The molecular weight excluding hydrogens is 316 g/mol. The molecule has 25 heavy (non-hydrogen) atoms. The van der Waals surface area contributed by atoms with E-state index in [1.54, 1.807) is 22.7 Å². The highest BCUT2D eigenvalue weighted by atomic mass is 15.3. The fourth-order valence-electron chi connectivity index (χ4n) is 2.62. The molecule has 0 aliphatic heterocycles. The van der Waals surface area contributed by atoms with Crippen LogP contribution in [0.5, 0.6) is 0 Å². The Kier molecular flexibility index (Phi) is 5.08. The van der Waals surface area contributed by atoms with Gasteiger partial charge in [-0.15, -0.1) is 0 Å². The van der Waals surface area contributed by atoms with Crippen molar-refractivity contribution in [3.63, 3.8) is 0 Å². The zero-order valence-corrected chi connectivity index (χ0v) is 14.7. The molecule has 0 aliphatic carbocycles. The van der Waals surface area contributed by atoms with Gasteiger partial charge in [0.2, 0.25) is 0 Å². The van der Waals surface area contributed by atoms with Crippen LogP contribution in [0.4, 0.5) is 0 Å². The Morgan fingerprint density at radius 2 is 2.16 bits per heavy atom. The van der Waals surface area contributed by atoms with Gasteiger partial charge in [-0.25, -0.2) is 9.67 Å². The number of guanidine groups is 1. The van der Waals surface area contributed by atoms with Gasteiger partial charge >= 0.3 is 0 Å². The third-order valence-electron chi connectivity index (χ3n) is 3.80. The van der Waals surface area contributed by atoms with E-state index in [0.717, 1.165) is 29.3 Å². The van der Waals surface area contributed by atoms with Crippen molar-refractivity contribution in [2.24, 2.45) is 12.0 Å². The number of benzene rings is 1. The second kappa shape index (κ2) is 7.61. The average molecular weight is 338 g/mol. The lowest BCUT2D eigenvalue weighted by molar-refractivity contribution is 0.476. The van der Waals surface area contributed by atoms with Crippen LogP contribution in [0.3, 0.4) is 0 Å². The zero-order valence-electron chi connectivity index (χ0n) is 14.7.